The van der Waals surface area contributed by atoms with Gasteiger partial charge in [0.15, 0.2) is 0 Å². The standard InChI is InChI=1S/C13H16F3N3O/c14-13(15,16)12(20)18-8-9-7-10(17)3-4-11(9)19-5-1-2-6-19/h3-4,7H,1-2,5-6,8,17H2,(H,18,20). The number of rotatable bonds is 3. The van der Waals surface area contributed by atoms with Gasteiger partial charge >= 0.3 is 12.1 Å². The lowest BCUT2D eigenvalue weighted by molar-refractivity contribution is -0.173. The highest BCUT2D eigenvalue weighted by molar-refractivity contribution is 5.81. The van der Waals surface area contributed by atoms with Crippen LogP contribution in [0.5, 0.6) is 0 Å². The summed E-state index contributed by atoms with van der Waals surface area (Å²) in [5.41, 5.74) is 7.56. The average Bonchev–Trinajstić information content (AvgIpc) is 2.88. The molecule has 1 aliphatic rings. The molecule has 0 unspecified atom stereocenters. The SMILES string of the molecule is Nc1ccc(N2CCCC2)c(CNC(=O)C(F)(F)F)c1. The van der Waals surface area contributed by atoms with Crippen molar-refractivity contribution in [3.63, 3.8) is 0 Å². The molecule has 1 aliphatic heterocycles. The van der Waals surface area contributed by atoms with Gasteiger partial charge in [0.05, 0.1) is 0 Å². The Morgan fingerprint density at radius 1 is 1.30 bits per heavy atom. The molecule has 110 valence electrons. The molecule has 0 bridgehead atoms. The van der Waals surface area contributed by atoms with Gasteiger partial charge in [-0.05, 0) is 36.6 Å². The van der Waals surface area contributed by atoms with Crippen molar-refractivity contribution in [1.29, 1.82) is 0 Å². The molecule has 1 amide bonds. The number of nitrogens with two attached hydrogens (primary N) is 1. The van der Waals surface area contributed by atoms with Crippen LogP contribution < -0.4 is 16.0 Å². The molecule has 1 heterocycles. The van der Waals surface area contributed by atoms with E-state index in [0.29, 0.717) is 11.3 Å². The minimum atomic E-state index is -4.87. The molecule has 0 saturated carbocycles. The lowest BCUT2D eigenvalue weighted by Gasteiger charge is -2.22. The summed E-state index contributed by atoms with van der Waals surface area (Å²) >= 11 is 0. The number of halogens is 3. The summed E-state index contributed by atoms with van der Waals surface area (Å²) < 4.78 is 36.6. The largest absolute Gasteiger partial charge is 0.471 e. The summed E-state index contributed by atoms with van der Waals surface area (Å²) in [7, 11) is 0. The number of hydrogen-bond acceptors (Lipinski definition) is 3. The lowest BCUT2D eigenvalue weighted by Crippen LogP contribution is -2.36. The fourth-order valence-electron chi connectivity index (χ4n) is 2.29. The highest BCUT2D eigenvalue weighted by atomic mass is 19.4. The van der Waals surface area contributed by atoms with Gasteiger partial charge in [-0.2, -0.15) is 13.2 Å². The third-order valence-corrected chi connectivity index (χ3v) is 3.25. The van der Waals surface area contributed by atoms with Gasteiger partial charge in [0.2, 0.25) is 0 Å². The van der Waals surface area contributed by atoms with E-state index in [-0.39, 0.29) is 6.54 Å². The van der Waals surface area contributed by atoms with E-state index >= 15 is 0 Å². The predicted molar refractivity (Wildman–Crippen MR) is 70.2 cm³/mol. The van der Waals surface area contributed by atoms with Gasteiger partial charge in [-0.15, -0.1) is 0 Å². The first-order valence-corrected chi connectivity index (χ1v) is 6.36. The fraction of sp³-hybridized carbons (Fsp3) is 0.462. The number of carbonyl (C=O) groups excluding carboxylic acids is 1. The van der Waals surface area contributed by atoms with Crippen molar-refractivity contribution in [2.24, 2.45) is 0 Å². The van der Waals surface area contributed by atoms with Crippen LogP contribution in [0.4, 0.5) is 24.5 Å². The number of anilines is 2. The number of nitrogen functional groups attached to an aromatic ring is 1. The zero-order valence-corrected chi connectivity index (χ0v) is 10.8. The van der Waals surface area contributed by atoms with E-state index in [4.69, 9.17) is 5.73 Å². The van der Waals surface area contributed by atoms with Crippen molar-refractivity contribution in [2.75, 3.05) is 23.7 Å². The van der Waals surface area contributed by atoms with Crippen LogP contribution in [-0.2, 0) is 11.3 Å². The molecule has 1 fully saturated rings. The number of alkyl halides is 3. The normalized spacial score (nSPS) is 15.4. The van der Waals surface area contributed by atoms with Gasteiger partial charge in [0.1, 0.15) is 0 Å². The van der Waals surface area contributed by atoms with Crippen molar-refractivity contribution >= 4 is 17.3 Å². The molecule has 0 radical (unpaired) electrons. The summed E-state index contributed by atoms with van der Waals surface area (Å²) in [5, 5.41) is 1.88. The first kappa shape index (κ1) is 14.5. The Morgan fingerprint density at radius 3 is 2.55 bits per heavy atom. The zero-order valence-electron chi connectivity index (χ0n) is 10.8. The zero-order chi connectivity index (χ0) is 14.8. The molecule has 2 rings (SSSR count). The second kappa shape index (κ2) is 5.60. The number of hydrogen-bond donors (Lipinski definition) is 2. The van der Waals surface area contributed by atoms with E-state index < -0.39 is 12.1 Å². The van der Waals surface area contributed by atoms with Crippen LogP contribution in [0, 0.1) is 0 Å². The third kappa shape index (κ3) is 3.34. The smallest absolute Gasteiger partial charge is 0.399 e. The molecule has 1 aromatic rings. The van der Waals surface area contributed by atoms with Crippen molar-refractivity contribution in [3.8, 4) is 0 Å². The fourth-order valence-corrected chi connectivity index (χ4v) is 2.29. The Morgan fingerprint density at radius 2 is 1.95 bits per heavy atom. The number of nitrogens with zero attached hydrogens (tertiary/aromatic N) is 1. The van der Waals surface area contributed by atoms with Gasteiger partial charge in [0.25, 0.3) is 0 Å². The van der Waals surface area contributed by atoms with Crippen molar-refractivity contribution < 1.29 is 18.0 Å². The molecule has 3 N–H and O–H groups in total. The molecule has 20 heavy (non-hydrogen) atoms. The quantitative estimate of drug-likeness (QED) is 0.837. The van der Waals surface area contributed by atoms with E-state index in [9.17, 15) is 18.0 Å². The molecule has 0 aliphatic carbocycles. The lowest BCUT2D eigenvalue weighted by atomic mass is 10.1. The van der Waals surface area contributed by atoms with Crippen LogP contribution in [0.2, 0.25) is 0 Å². The van der Waals surface area contributed by atoms with Crippen LogP contribution in [0.3, 0.4) is 0 Å². The second-order valence-electron chi connectivity index (χ2n) is 4.76. The van der Waals surface area contributed by atoms with Gasteiger partial charge in [-0.3, -0.25) is 4.79 Å². The average molecular weight is 287 g/mol. The second-order valence-corrected chi connectivity index (χ2v) is 4.76. The first-order chi connectivity index (χ1) is 9.38. The molecular weight excluding hydrogens is 271 g/mol. The molecular formula is C13H16F3N3O. The Bertz CT molecular complexity index is 496. The van der Waals surface area contributed by atoms with Crippen LogP contribution in [-0.4, -0.2) is 25.2 Å². The minimum absolute atomic E-state index is 0.185. The maximum absolute atomic E-state index is 12.2. The summed E-state index contributed by atoms with van der Waals surface area (Å²) in [6.45, 7) is 1.55. The first-order valence-electron chi connectivity index (χ1n) is 6.36. The van der Waals surface area contributed by atoms with Crippen LogP contribution in [0.25, 0.3) is 0 Å². The Kier molecular flexibility index (Phi) is 4.06. The summed E-state index contributed by atoms with van der Waals surface area (Å²) in [6.07, 6.45) is -2.76. The molecule has 1 saturated heterocycles. The van der Waals surface area contributed by atoms with Crippen LogP contribution in [0.15, 0.2) is 18.2 Å². The highest BCUT2D eigenvalue weighted by Crippen LogP contribution is 2.26. The maximum Gasteiger partial charge on any atom is 0.471 e. The minimum Gasteiger partial charge on any atom is -0.399 e. The van der Waals surface area contributed by atoms with Crippen molar-refractivity contribution in [2.45, 2.75) is 25.6 Å². The van der Waals surface area contributed by atoms with E-state index in [0.717, 1.165) is 31.6 Å². The van der Waals surface area contributed by atoms with E-state index in [1.807, 2.05) is 5.32 Å². The monoisotopic (exact) mass is 287 g/mol. The molecule has 1 aromatic carbocycles. The Labute approximate surface area is 114 Å². The maximum atomic E-state index is 12.2. The Balaban J connectivity index is 2.13. The Hall–Kier alpha value is -1.92. The van der Waals surface area contributed by atoms with E-state index in [1.165, 1.54) is 0 Å². The summed E-state index contributed by atoms with van der Waals surface area (Å²) in [4.78, 5) is 13.0. The summed E-state index contributed by atoms with van der Waals surface area (Å²) in [5.74, 6) is -1.94. The van der Waals surface area contributed by atoms with E-state index in [2.05, 4.69) is 4.90 Å². The van der Waals surface area contributed by atoms with Gasteiger partial charge < -0.3 is 16.0 Å². The molecule has 0 spiro atoms. The van der Waals surface area contributed by atoms with Gasteiger partial charge in [0, 0.05) is 31.0 Å². The molecule has 4 nitrogen and oxygen atoms in total. The predicted octanol–water partition coefficient (Wildman–Crippen LogP) is 2.05. The van der Waals surface area contributed by atoms with Gasteiger partial charge in [-0.1, -0.05) is 0 Å². The van der Waals surface area contributed by atoms with Gasteiger partial charge in [-0.25, -0.2) is 0 Å². The van der Waals surface area contributed by atoms with Crippen LogP contribution in [0.1, 0.15) is 18.4 Å². The highest BCUT2D eigenvalue weighted by Gasteiger charge is 2.38. The number of benzene rings is 1. The van der Waals surface area contributed by atoms with Crippen LogP contribution >= 0.6 is 0 Å². The third-order valence-electron chi connectivity index (χ3n) is 3.25. The number of nitrogens with one attached hydrogen (secondary N) is 1. The van der Waals surface area contributed by atoms with Crippen molar-refractivity contribution in [3.05, 3.63) is 23.8 Å². The number of amides is 1. The molecule has 7 heteroatoms. The molecule has 0 atom stereocenters. The number of carbonyl (C=O) groups is 1. The topological polar surface area (TPSA) is 58.4 Å². The molecule has 0 aromatic heterocycles. The summed E-state index contributed by atoms with van der Waals surface area (Å²) in [6, 6.07) is 5.10. The van der Waals surface area contributed by atoms with Crippen molar-refractivity contribution in [1.82, 2.24) is 5.32 Å². The van der Waals surface area contributed by atoms with E-state index in [1.54, 1.807) is 18.2 Å².